The van der Waals surface area contributed by atoms with E-state index in [1.165, 1.54) is 0 Å². The summed E-state index contributed by atoms with van der Waals surface area (Å²) in [6.45, 7) is 5.45. The zero-order valence-electron chi connectivity index (χ0n) is 11.3. The maximum atomic E-state index is 14.2. The fraction of sp³-hybridized carbons (Fsp3) is 0.615. The molecule has 1 aromatic heterocycles. The Balaban J connectivity index is 3.04. The summed E-state index contributed by atoms with van der Waals surface area (Å²) in [5.74, 6) is 0.0424. The fourth-order valence-corrected chi connectivity index (χ4v) is 1.77. The van der Waals surface area contributed by atoms with Gasteiger partial charge < -0.3 is 15.4 Å². The van der Waals surface area contributed by atoms with E-state index in [1.54, 1.807) is 19.4 Å². The van der Waals surface area contributed by atoms with Gasteiger partial charge in [0.1, 0.15) is 0 Å². The number of aromatic nitrogens is 1. The summed E-state index contributed by atoms with van der Waals surface area (Å²) in [6.07, 6.45) is 2.51. The van der Waals surface area contributed by atoms with E-state index in [1.807, 2.05) is 11.8 Å². The van der Waals surface area contributed by atoms with Crippen molar-refractivity contribution in [3.8, 4) is 0 Å². The van der Waals surface area contributed by atoms with E-state index < -0.39 is 0 Å². The van der Waals surface area contributed by atoms with Crippen molar-refractivity contribution in [1.29, 1.82) is 0 Å². The molecule has 1 aromatic rings. The molecule has 0 amide bonds. The van der Waals surface area contributed by atoms with Crippen LogP contribution in [0, 0.1) is 5.82 Å². The highest BCUT2D eigenvalue weighted by Crippen LogP contribution is 2.22. The molecule has 4 nitrogen and oxygen atoms in total. The maximum Gasteiger partial charge on any atom is 0.170 e. The summed E-state index contributed by atoms with van der Waals surface area (Å²) in [4.78, 5) is 6.08. The SMILES string of the molecule is CCC(C)N(CCOC)c1nccc(CN)c1F. The zero-order chi connectivity index (χ0) is 13.5. The summed E-state index contributed by atoms with van der Waals surface area (Å²) in [7, 11) is 1.63. The number of hydrogen-bond donors (Lipinski definition) is 1. The lowest BCUT2D eigenvalue weighted by Gasteiger charge is -2.30. The maximum absolute atomic E-state index is 14.2. The Morgan fingerprint density at radius 3 is 2.83 bits per heavy atom. The lowest BCUT2D eigenvalue weighted by Crippen LogP contribution is -2.37. The van der Waals surface area contributed by atoms with Crippen LogP contribution >= 0.6 is 0 Å². The zero-order valence-corrected chi connectivity index (χ0v) is 11.3. The average Bonchev–Trinajstić information content (AvgIpc) is 2.40. The summed E-state index contributed by atoms with van der Waals surface area (Å²) in [5.41, 5.74) is 6.01. The number of pyridine rings is 1. The van der Waals surface area contributed by atoms with Crippen LogP contribution in [0.15, 0.2) is 12.3 Å². The van der Waals surface area contributed by atoms with Gasteiger partial charge in [-0.3, -0.25) is 0 Å². The van der Waals surface area contributed by atoms with Crippen molar-refractivity contribution in [2.75, 3.05) is 25.2 Å². The van der Waals surface area contributed by atoms with E-state index in [4.69, 9.17) is 10.5 Å². The van der Waals surface area contributed by atoms with Gasteiger partial charge in [0.05, 0.1) is 6.61 Å². The number of hydrogen-bond acceptors (Lipinski definition) is 4. The molecule has 0 aromatic carbocycles. The summed E-state index contributed by atoms with van der Waals surface area (Å²) in [5, 5.41) is 0. The number of halogens is 1. The molecule has 1 rings (SSSR count). The van der Waals surface area contributed by atoms with Gasteiger partial charge in [-0.1, -0.05) is 6.92 Å². The predicted octanol–water partition coefficient (Wildman–Crippen LogP) is 1.93. The smallest absolute Gasteiger partial charge is 0.170 e. The second kappa shape index (κ2) is 7.28. The van der Waals surface area contributed by atoms with Gasteiger partial charge in [0.15, 0.2) is 11.6 Å². The quantitative estimate of drug-likeness (QED) is 0.809. The predicted molar refractivity (Wildman–Crippen MR) is 71.1 cm³/mol. The minimum atomic E-state index is -0.323. The van der Waals surface area contributed by atoms with Gasteiger partial charge in [-0.25, -0.2) is 9.37 Å². The van der Waals surface area contributed by atoms with Crippen molar-refractivity contribution in [2.24, 2.45) is 5.73 Å². The lowest BCUT2D eigenvalue weighted by molar-refractivity contribution is 0.203. The molecule has 1 unspecified atom stereocenters. The second-order valence-corrected chi connectivity index (χ2v) is 4.26. The minimum Gasteiger partial charge on any atom is -0.383 e. The summed E-state index contributed by atoms with van der Waals surface area (Å²) < 4.78 is 19.3. The van der Waals surface area contributed by atoms with E-state index in [2.05, 4.69) is 11.9 Å². The molecule has 0 aliphatic heterocycles. The Morgan fingerprint density at radius 2 is 2.28 bits per heavy atom. The van der Waals surface area contributed by atoms with Gasteiger partial charge in [0.2, 0.25) is 0 Å². The number of anilines is 1. The minimum absolute atomic E-state index is 0.181. The van der Waals surface area contributed by atoms with Crippen LogP contribution in [0.1, 0.15) is 25.8 Å². The van der Waals surface area contributed by atoms with Crippen molar-refractivity contribution in [3.05, 3.63) is 23.6 Å². The van der Waals surface area contributed by atoms with Crippen LogP contribution in [0.25, 0.3) is 0 Å². The Labute approximate surface area is 108 Å². The van der Waals surface area contributed by atoms with Gasteiger partial charge in [-0.15, -0.1) is 0 Å². The molecular weight excluding hydrogens is 233 g/mol. The van der Waals surface area contributed by atoms with E-state index in [0.29, 0.717) is 24.5 Å². The number of ether oxygens (including phenoxy) is 1. The third-order valence-electron chi connectivity index (χ3n) is 3.10. The molecule has 0 bridgehead atoms. The first-order valence-corrected chi connectivity index (χ1v) is 6.24. The summed E-state index contributed by atoms with van der Waals surface area (Å²) >= 11 is 0. The van der Waals surface area contributed by atoms with Gasteiger partial charge in [0.25, 0.3) is 0 Å². The molecule has 0 radical (unpaired) electrons. The normalized spacial score (nSPS) is 12.5. The lowest BCUT2D eigenvalue weighted by atomic mass is 10.2. The van der Waals surface area contributed by atoms with Crippen molar-refractivity contribution in [1.82, 2.24) is 4.98 Å². The van der Waals surface area contributed by atoms with Gasteiger partial charge >= 0.3 is 0 Å². The highest BCUT2D eigenvalue weighted by Gasteiger charge is 2.19. The molecule has 0 aliphatic carbocycles. The Morgan fingerprint density at radius 1 is 1.56 bits per heavy atom. The van der Waals surface area contributed by atoms with Crippen molar-refractivity contribution in [2.45, 2.75) is 32.9 Å². The monoisotopic (exact) mass is 255 g/mol. The van der Waals surface area contributed by atoms with E-state index in [-0.39, 0.29) is 18.4 Å². The number of nitrogens with two attached hydrogens (primary N) is 1. The fourth-order valence-electron chi connectivity index (χ4n) is 1.77. The van der Waals surface area contributed by atoms with E-state index >= 15 is 0 Å². The number of methoxy groups -OCH3 is 1. The number of rotatable bonds is 7. The van der Waals surface area contributed by atoms with Crippen molar-refractivity contribution in [3.63, 3.8) is 0 Å². The van der Waals surface area contributed by atoms with Crippen LogP contribution in [0.2, 0.25) is 0 Å². The molecule has 0 saturated heterocycles. The van der Waals surface area contributed by atoms with E-state index in [9.17, 15) is 4.39 Å². The first kappa shape index (κ1) is 14.9. The van der Waals surface area contributed by atoms with Gasteiger partial charge in [-0.2, -0.15) is 0 Å². The van der Waals surface area contributed by atoms with Gasteiger partial charge in [-0.05, 0) is 19.4 Å². The molecule has 102 valence electrons. The summed E-state index contributed by atoms with van der Waals surface area (Å²) in [6, 6.07) is 1.82. The molecule has 0 saturated carbocycles. The largest absolute Gasteiger partial charge is 0.383 e. The molecule has 0 aliphatic rings. The average molecular weight is 255 g/mol. The first-order chi connectivity index (χ1) is 8.65. The Hall–Kier alpha value is -1.20. The van der Waals surface area contributed by atoms with Crippen molar-refractivity contribution < 1.29 is 9.13 Å². The molecule has 0 fully saturated rings. The Bertz CT molecular complexity index is 373. The van der Waals surface area contributed by atoms with Crippen LogP contribution in [-0.4, -0.2) is 31.3 Å². The Kier molecular flexibility index (Phi) is 6.01. The third-order valence-corrected chi connectivity index (χ3v) is 3.10. The standard InChI is InChI=1S/C13H22FN3O/c1-4-10(2)17(7-8-18-3)13-12(14)11(9-15)5-6-16-13/h5-6,10H,4,7-9,15H2,1-3H3. The van der Waals surface area contributed by atoms with Crippen LogP contribution < -0.4 is 10.6 Å². The second-order valence-electron chi connectivity index (χ2n) is 4.26. The number of nitrogens with zero attached hydrogens (tertiary/aromatic N) is 2. The topological polar surface area (TPSA) is 51.4 Å². The molecule has 5 heteroatoms. The van der Waals surface area contributed by atoms with Crippen LogP contribution in [-0.2, 0) is 11.3 Å². The van der Waals surface area contributed by atoms with Crippen LogP contribution in [0.5, 0.6) is 0 Å². The highest BCUT2D eigenvalue weighted by atomic mass is 19.1. The molecular formula is C13H22FN3O. The highest BCUT2D eigenvalue weighted by molar-refractivity contribution is 5.44. The third kappa shape index (κ3) is 3.40. The molecule has 2 N–H and O–H groups in total. The molecule has 1 atom stereocenters. The van der Waals surface area contributed by atoms with Gasteiger partial charge in [0, 0.05) is 38.0 Å². The van der Waals surface area contributed by atoms with E-state index in [0.717, 1.165) is 6.42 Å². The molecule has 18 heavy (non-hydrogen) atoms. The molecule has 1 heterocycles. The van der Waals surface area contributed by atoms with Crippen LogP contribution in [0.4, 0.5) is 10.2 Å². The van der Waals surface area contributed by atoms with Crippen molar-refractivity contribution >= 4 is 5.82 Å². The van der Waals surface area contributed by atoms with Crippen LogP contribution in [0.3, 0.4) is 0 Å². The first-order valence-electron chi connectivity index (χ1n) is 6.24. The molecule has 0 spiro atoms.